The Hall–Kier alpha value is -2.05. The number of benzene rings is 2. The van der Waals surface area contributed by atoms with Crippen LogP contribution in [0, 0.1) is 13.8 Å². The smallest absolute Gasteiger partial charge is 0.147 e. The molecule has 0 aromatic heterocycles. The SMILES string of the molecule is CO[C@@H]1COc2c(-c3c(C)cc(OCCCS(C)(=O)=O)cc3C)cccc21. The normalized spacial score (nSPS) is 16.1. The minimum atomic E-state index is -2.95. The average Bonchev–Trinajstić information content (AvgIpc) is 3.01. The number of hydrogen-bond acceptors (Lipinski definition) is 5. The molecule has 0 N–H and O–H groups in total. The Kier molecular flexibility index (Phi) is 5.77. The van der Waals surface area contributed by atoms with Gasteiger partial charge >= 0.3 is 0 Å². The molecule has 1 aliphatic rings. The van der Waals surface area contributed by atoms with Gasteiger partial charge in [0.1, 0.15) is 34.0 Å². The minimum absolute atomic E-state index is 0.0296. The number of sulfone groups is 1. The van der Waals surface area contributed by atoms with E-state index in [1.807, 2.05) is 38.1 Å². The van der Waals surface area contributed by atoms with Gasteiger partial charge < -0.3 is 14.2 Å². The summed E-state index contributed by atoms with van der Waals surface area (Å²) in [5, 5.41) is 0. The zero-order chi connectivity index (χ0) is 19.6. The molecule has 0 saturated carbocycles. The Morgan fingerprint density at radius 3 is 2.52 bits per heavy atom. The number of ether oxygens (including phenoxy) is 3. The molecule has 0 amide bonds. The molecule has 146 valence electrons. The first-order valence-electron chi connectivity index (χ1n) is 9.01. The van der Waals surface area contributed by atoms with Crippen molar-refractivity contribution in [3.05, 3.63) is 47.0 Å². The number of hydrogen-bond donors (Lipinski definition) is 0. The third-order valence-electron chi connectivity index (χ3n) is 4.76. The lowest BCUT2D eigenvalue weighted by Crippen LogP contribution is -2.08. The van der Waals surface area contributed by atoms with Crippen molar-refractivity contribution in [2.24, 2.45) is 0 Å². The van der Waals surface area contributed by atoms with Gasteiger partial charge in [0.2, 0.25) is 0 Å². The van der Waals surface area contributed by atoms with Gasteiger partial charge in [0.15, 0.2) is 0 Å². The fourth-order valence-corrected chi connectivity index (χ4v) is 4.20. The van der Waals surface area contributed by atoms with Gasteiger partial charge in [-0.05, 0) is 49.1 Å². The van der Waals surface area contributed by atoms with Crippen LogP contribution in [0.5, 0.6) is 11.5 Å². The first kappa shape index (κ1) is 19.7. The van der Waals surface area contributed by atoms with Crippen molar-refractivity contribution in [1.82, 2.24) is 0 Å². The summed E-state index contributed by atoms with van der Waals surface area (Å²) < 4.78 is 39.6. The van der Waals surface area contributed by atoms with Gasteiger partial charge in [-0.25, -0.2) is 8.42 Å². The highest BCUT2D eigenvalue weighted by molar-refractivity contribution is 7.90. The number of fused-ring (bicyclic) bond motifs is 1. The van der Waals surface area contributed by atoms with Crippen LogP contribution in [-0.4, -0.2) is 40.7 Å². The monoisotopic (exact) mass is 390 g/mol. The highest BCUT2D eigenvalue weighted by Gasteiger charge is 2.27. The molecule has 1 heterocycles. The lowest BCUT2D eigenvalue weighted by atomic mass is 9.93. The van der Waals surface area contributed by atoms with Crippen molar-refractivity contribution in [1.29, 1.82) is 0 Å². The fourth-order valence-electron chi connectivity index (χ4n) is 3.55. The highest BCUT2D eigenvalue weighted by atomic mass is 32.2. The second-order valence-electron chi connectivity index (χ2n) is 7.02. The summed E-state index contributed by atoms with van der Waals surface area (Å²) in [4.78, 5) is 0. The Morgan fingerprint density at radius 1 is 1.19 bits per heavy atom. The van der Waals surface area contributed by atoms with Crippen molar-refractivity contribution in [2.45, 2.75) is 26.4 Å². The molecule has 0 aliphatic carbocycles. The van der Waals surface area contributed by atoms with Crippen LogP contribution in [-0.2, 0) is 14.6 Å². The van der Waals surface area contributed by atoms with E-state index in [0.717, 1.165) is 39.3 Å². The molecule has 0 unspecified atom stereocenters. The molecule has 2 aromatic rings. The summed E-state index contributed by atoms with van der Waals surface area (Å²) in [7, 11) is -1.26. The standard InChI is InChI=1S/C21H26O5S/c1-14-11-16(25-9-6-10-27(4,22)23)12-15(2)20(14)18-8-5-7-17-19(24-3)13-26-21(17)18/h5,7-8,11-12,19H,6,9-10,13H2,1-4H3/t19-/m1/s1. The van der Waals surface area contributed by atoms with E-state index in [-0.39, 0.29) is 11.9 Å². The summed E-state index contributed by atoms with van der Waals surface area (Å²) in [6.45, 7) is 5.01. The van der Waals surface area contributed by atoms with E-state index in [0.29, 0.717) is 19.6 Å². The summed E-state index contributed by atoms with van der Waals surface area (Å²) in [5.74, 6) is 1.78. The molecule has 3 rings (SSSR count). The molecule has 0 bridgehead atoms. The van der Waals surface area contributed by atoms with Crippen LogP contribution in [0.3, 0.4) is 0 Å². The first-order valence-corrected chi connectivity index (χ1v) is 11.1. The Bertz CT molecular complexity index is 911. The third-order valence-corrected chi connectivity index (χ3v) is 5.79. The molecule has 2 aromatic carbocycles. The van der Waals surface area contributed by atoms with Crippen LogP contribution < -0.4 is 9.47 Å². The van der Waals surface area contributed by atoms with Crippen molar-refractivity contribution < 1.29 is 22.6 Å². The number of aryl methyl sites for hydroxylation is 2. The highest BCUT2D eigenvalue weighted by Crippen LogP contribution is 2.44. The number of methoxy groups -OCH3 is 1. The van der Waals surface area contributed by atoms with E-state index < -0.39 is 9.84 Å². The maximum Gasteiger partial charge on any atom is 0.147 e. The Morgan fingerprint density at radius 2 is 1.89 bits per heavy atom. The molecule has 0 fully saturated rings. The van der Waals surface area contributed by atoms with Crippen LogP contribution in [0.25, 0.3) is 11.1 Å². The van der Waals surface area contributed by atoms with Crippen LogP contribution >= 0.6 is 0 Å². The zero-order valence-electron chi connectivity index (χ0n) is 16.2. The van der Waals surface area contributed by atoms with Gasteiger partial charge in [-0.3, -0.25) is 0 Å². The molecular formula is C21H26O5S. The Labute approximate surface area is 161 Å². The Balaban J connectivity index is 1.84. The molecule has 0 saturated heterocycles. The molecule has 0 spiro atoms. The number of rotatable bonds is 7. The second-order valence-corrected chi connectivity index (χ2v) is 9.28. The molecule has 1 aliphatic heterocycles. The quantitative estimate of drug-likeness (QED) is 0.672. The van der Waals surface area contributed by atoms with Crippen LogP contribution in [0.4, 0.5) is 0 Å². The number of para-hydroxylation sites is 1. The molecule has 5 nitrogen and oxygen atoms in total. The van der Waals surface area contributed by atoms with Crippen molar-refractivity contribution in [3.8, 4) is 22.6 Å². The van der Waals surface area contributed by atoms with Crippen molar-refractivity contribution in [3.63, 3.8) is 0 Å². The predicted octanol–water partition coefficient (Wildman–Crippen LogP) is 3.86. The van der Waals surface area contributed by atoms with Gasteiger partial charge in [0.05, 0.1) is 12.4 Å². The lowest BCUT2D eigenvalue weighted by molar-refractivity contribution is 0.0818. The topological polar surface area (TPSA) is 61.8 Å². The summed E-state index contributed by atoms with van der Waals surface area (Å²) >= 11 is 0. The molecule has 1 atom stereocenters. The molecule has 0 radical (unpaired) electrons. The van der Waals surface area contributed by atoms with E-state index in [1.54, 1.807) is 7.11 Å². The molecular weight excluding hydrogens is 364 g/mol. The van der Waals surface area contributed by atoms with E-state index >= 15 is 0 Å². The van der Waals surface area contributed by atoms with Crippen molar-refractivity contribution in [2.75, 3.05) is 32.3 Å². The maximum atomic E-state index is 11.2. The van der Waals surface area contributed by atoms with E-state index in [9.17, 15) is 8.42 Å². The van der Waals surface area contributed by atoms with Crippen LogP contribution in [0.15, 0.2) is 30.3 Å². The van der Waals surface area contributed by atoms with Gasteiger partial charge in [-0.15, -0.1) is 0 Å². The van der Waals surface area contributed by atoms with Gasteiger partial charge in [-0.2, -0.15) is 0 Å². The van der Waals surface area contributed by atoms with E-state index in [2.05, 4.69) is 6.07 Å². The largest absolute Gasteiger partial charge is 0.494 e. The average molecular weight is 391 g/mol. The predicted molar refractivity (Wildman–Crippen MR) is 106 cm³/mol. The van der Waals surface area contributed by atoms with Gasteiger partial charge in [0, 0.05) is 24.5 Å². The zero-order valence-corrected chi connectivity index (χ0v) is 17.1. The minimum Gasteiger partial charge on any atom is -0.494 e. The van der Waals surface area contributed by atoms with Crippen LogP contribution in [0.1, 0.15) is 29.2 Å². The van der Waals surface area contributed by atoms with E-state index in [4.69, 9.17) is 14.2 Å². The first-order chi connectivity index (χ1) is 12.8. The molecule has 6 heteroatoms. The second kappa shape index (κ2) is 7.90. The molecule has 27 heavy (non-hydrogen) atoms. The fraction of sp³-hybridized carbons (Fsp3) is 0.429. The summed E-state index contributed by atoms with van der Waals surface area (Å²) in [5.41, 5.74) is 5.45. The third kappa shape index (κ3) is 4.45. The summed E-state index contributed by atoms with van der Waals surface area (Å²) in [6.07, 6.45) is 1.69. The van der Waals surface area contributed by atoms with Crippen molar-refractivity contribution >= 4 is 9.84 Å². The maximum absolute atomic E-state index is 11.2. The van der Waals surface area contributed by atoms with Gasteiger partial charge in [0.25, 0.3) is 0 Å². The van der Waals surface area contributed by atoms with E-state index in [1.165, 1.54) is 6.26 Å². The summed E-state index contributed by atoms with van der Waals surface area (Å²) in [6, 6.07) is 10.1. The van der Waals surface area contributed by atoms with Crippen LogP contribution in [0.2, 0.25) is 0 Å². The van der Waals surface area contributed by atoms with Gasteiger partial charge in [-0.1, -0.05) is 18.2 Å². The lowest BCUT2D eigenvalue weighted by Gasteiger charge is -2.16.